The fourth-order valence-electron chi connectivity index (χ4n) is 5.24. The van der Waals surface area contributed by atoms with Gasteiger partial charge in [0.05, 0.1) is 19.0 Å². The van der Waals surface area contributed by atoms with Crippen molar-refractivity contribution in [3.63, 3.8) is 0 Å². The number of aryl methyl sites for hydroxylation is 1. The number of rotatable bonds is 10. The van der Waals surface area contributed by atoms with Gasteiger partial charge < -0.3 is 30.5 Å². The van der Waals surface area contributed by atoms with Gasteiger partial charge in [-0.3, -0.25) is 14.4 Å². The molecule has 1 aliphatic heterocycles. The summed E-state index contributed by atoms with van der Waals surface area (Å²) in [6.45, 7) is 7.18. The van der Waals surface area contributed by atoms with Crippen molar-refractivity contribution in [3.05, 3.63) is 94.3 Å². The van der Waals surface area contributed by atoms with Crippen LogP contribution >= 0.6 is 11.8 Å². The number of phenolic OH excluding ortho intramolecular Hbond substituents is 1. The maximum atomic E-state index is 13.9. The molecule has 0 aromatic heterocycles. The lowest BCUT2D eigenvalue weighted by Crippen LogP contribution is -2.58. The minimum absolute atomic E-state index is 0.0559. The number of ether oxygens (including phenoxy) is 1. The first kappa shape index (κ1) is 32.8. The topological polar surface area (TPSA) is 128 Å². The van der Waals surface area contributed by atoms with Crippen molar-refractivity contribution >= 4 is 29.5 Å². The summed E-state index contributed by atoms with van der Waals surface area (Å²) in [5.41, 5.74) is 2.72. The highest BCUT2D eigenvalue weighted by molar-refractivity contribution is 8.00. The van der Waals surface area contributed by atoms with E-state index in [-0.39, 0.29) is 30.2 Å². The Hall–Kier alpha value is -4.09. The lowest BCUT2D eigenvalue weighted by atomic mass is 9.96. The molecule has 3 amide bonds. The van der Waals surface area contributed by atoms with Gasteiger partial charge in [-0.2, -0.15) is 0 Å². The van der Waals surface area contributed by atoms with Crippen LogP contribution in [0.25, 0.3) is 0 Å². The zero-order chi connectivity index (χ0) is 32.2. The van der Waals surface area contributed by atoms with Crippen LogP contribution in [-0.2, 0) is 22.6 Å². The van der Waals surface area contributed by atoms with Crippen molar-refractivity contribution in [3.8, 4) is 11.5 Å². The van der Waals surface area contributed by atoms with E-state index in [4.69, 9.17) is 4.74 Å². The highest BCUT2D eigenvalue weighted by Crippen LogP contribution is 2.40. The number of benzene rings is 3. The van der Waals surface area contributed by atoms with Gasteiger partial charge in [-0.25, -0.2) is 4.39 Å². The molecule has 1 heterocycles. The molecule has 234 valence electrons. The van der Waals surface area contributed by atoms with E-state index in [0.29, 0.717) is 16.9 Å². The maximum absolute atomic E-state index is 13.9. The number of methoxy groups -OCH3 is 1. The number of amides is 3. The van der Waals surface area contributed by atoms with E-state index in [1.54, 1.807) is 50.4 Å². The number of aromatic hydroxyl groups is 1. The van der Waals surface area contributed by atoms with Crippen molar-refractivity contribution in [2.45, 2.75) is 63.6 Å². The largest absolute Gasteiger partial charge is 0.508 e. The van der Waals surface area contributed by atoms with E-state index in [0.717, 1.165) is 11.1 Å². The molecule has 4 rings (SSSR count). The van der Waals surface area contributed by atoms with E-state index < -0.39 is 46.5 Å². The Balaban J connectivity index is 1.58. The van der Waals surface area contributed by atoms with Gasteiger partial charge in [0.15, 0.2) is 6.10 Å². The summed E-state index contributed by atoms with van der Waals surface area (Å²) >= 11 is 1.40. The number of aliphatic hydroxyl groups excluding tert-OH is 1. The van der Waals surface area contributed by atoms with Crippen LogP contribution in [-0.4, -0.2) is 68.8 Å². The highest BCUT2D eigenvalue weighted by atomic mass is 32.2. The molecule has 0 radical (unpaired) electrons. The van der Waals surface area contributed by atoms with Crippen molar-refractivity contribution in [2.75, 3.05) is 13.0 Å². The van der Waals surface area contributed by atoms with Crippen molar-refractivity contribution in [1.82, 2.24) is 15.5 Å². The number of carbonyl (C=O) groups is 3. The van der Waals surface area contributed by atoms with Crippen molar-refractivity contribution in [2.24, 2.45) is 0 Å². The molecule has 3 unspecified atom stereocenters. The number of halogens is 1. The lowest BCUT2D eigenvalue weighted by Gasteiger charge is -2.33. The number of carbonyl (C=O) groups excluding carboxylic acids is 3. The number of hydrogen-bond acceptors (Lipinski definition) is 7. The second-order valence-electron chi connectivity index (χ2n) is 11.4. The van der Waals surface area contributed by atoms with Gasteiger partial charge in [-0.05, 0) is 87.2 Å². The minimum atomic E-state index is -1.70. The van der Waals surface area contributed by atoms with Crippen LogP contribution in [0, 0.1) is 19.7 Å². The third-order valence-corrected chi connectivity index (χ3v) is 9.33. The second-order valence-corrected chi connectivity index (χ2v) is 13.0. The minimum Gasteiger partial charge on any atom is -0.508 e. The molecule has 11 heteroatoms. The molecule has 0 saturated carbocycles. The maximum Gasteiger partial charge on any atom is 0.254 e. The summed E-state index contributed by atoms with van der Waals surface area (Å²) in [5.74, 6) is -1.41. The number of phenols is 1. The van der Waals surface area contributed by atoms with E-state index in [9.17, 15) is 29.0 Å². The van der Waals surface area contributed by atoms with E-state index >= 15 is 0 Å². The molecule has 3 aromatic carbocycles. The van der Waals surface area contributed by atoms with E-state index in [1.165, 1.54) is 40.9 Å². The van der Waals surface area contributed by atoms with Gasteiger partial charge in [-0.15, -0.1) is 11.8 Å². The average Bonchev–Trinajstić information content (AvgIpc) is 3.32. The fourth-order valence-corrected chi connectivity index (χ4v) is 6.38. The van der Waals surface area contributed by atoms with Crippen LogP contribution in [0.3, 0.4) is 0 Å². The predicted octanol–water partition coefficient (Wildman–Crippen LogP) is 3.86. The Morgan fingerprint density at radius 2 is 1.82 bits per heavy atom. The van der Waals surface area contributed by atoms with Crippen LogP contribution in [0.5, 0.6) is 11.5 Å². The molecule has 9 nitrogen and oxygen atoms in total. The summed E-state index contributed by atoms with van der Waals surface area (Å²) < 4.78 is 18.4. The fraction of sp³-hybridized carbons (Fsp3) is 0.364. The Morgan fingerprint density at radius 1 is 1.11 bits per heavy atom. The zero-order valence-electron chi connectivity index (χ0n) is 25.4. The number of aliphatic hydroxyl groups is 1. The quantitative estimate of drug-likeness (QED) is 0.270. The van der Waals surface area contributed by atoms with Crippen LogP contribution in [0.2, 0.25) is 0 Å². The smallest absolute Gasteiger partial charge is 0.254 e. The SMILES string of the molecule is COc1ccc(CC(NC(=O)c2cccc(O)c2C)C(O)C(=O)N2CSC(C)(C)C2C(=O)NCc2cc(F)ccc2C)cc1. The van der Waals surface area contributed by atoms with Gasteiger partial charge in [0, 0.05) is 22.4 Å². The first-order valence-electron chi connectivity index (χ1n) is 14.2. The van der Waals surface area contributed by atoms with E-state index in [2.05, 4.69) is 10.6 Å². The molecular weight excluding hydrogens is 585 g/mol. The summed E-state index contributed by atoms with van der Waals surface area (Å²) in [7, 11) is 1.54. The summed E-state index contributed by atoms with van der Waals surface area (Å²) in [5, 5.41) is 27.2. The molecule has 0 bridgehead atoms. The molecule has 1 aliphatic rings. The number of nitrogens with zero attached hydrogens (tertiary/aromatic N) is 1. The summed E-state index contributed by atoms with van der Waals surface area (Å²) in [6, 6.07) is 13.9. The third-order valence-electron chi connectivity index (χ3n) is 7.96. The Bertz CT molecular complexity index is 1530. The van der Waals surface area contributed by atoms with Gasteiger partial charge in [-0.1, -0.05) is 24.3 Å². The molecule has 4 N–H and O–H groups in total. The van der Waals surface area contributed by atoms with Crippen LogP contribution in [0.1, 0.15) is 46.5 Å². The monoisotopic (exact) mass is 623 g/mol. The number of thioether (sulfide) groups is 1. The first-order chi connectivity index (χ1) is 20.8. The Labute approximate surface area is 260 Å². The highest BCUT2D eigenvalue weighted by Gasteiger charge is 2.49. The van der Waals surface area contributed by atoms with Crippen LogP contribution in [0.15, 0.2) is 60.7 Å². The van der Waals surface area contributed by atoms with Crippen LogP contribution in [0.4, 0.5) is 4.39 Å². The van der Waals surface area contributed by atoms with E-state index in [1.807, 2.05) is 20.8 Å². The molecule has 3 aromatic rings. The van der Waals surface area contributed by atoms with Crippen molar-refractivity contribution in [1.29, 1.82) is 0 Å². The lowest BCUT2D eigenvalue weighted by molar-refractivity contribution is -0.147. The molecule has 0 spiro atoms. The molecule has 1 fully saturated rings. The number of hydrogen-bond donors (Lipinski definition) is 4. The molecular formula is C33H38FN3O6S. The van der Waals surface area contributed by atoms with Gasteiger partial charge in [0.25, 0.3) is 11.8 Å². The molecule has 3 atom stereocenters. The summed E-state index contributed by atoms with van der Waals surface area (Å²) in [6.07, 6.45) is -1.60. The van der Waals surface area contributed by atoms with Gasteiger partial charge in [0.1, 0.15) is 23.4 Å². The average molecular weight is 624 g/mol. The van der Waals surface area contributed by atoms with Crippen LogP contribution < -0.4 is 15.4 Å². The standard InChI is InChI=1S/C33H38FN3O6S/c1-19-9-12-23(34)16-22(19)17-35-31(41)29-33(3,4)44-18-37(29)32(42)28(39)26(15-21-10-13-24(43-5)14-11-21)36-30(40)25-7-6-8-27(38)20(25)2/h6-14,16,26,28-29,38-39H,15,17-18H2,1-5H3,(H,35,41)(H,36,40). The second kappa shape index (κ2) is 13.7. The predicted molar refractivity (Wildman–Crippen MR) is 167 cm³/mol. The Morgan fingerprint density at radius 3 is 2.50 bits per heavy atom. The molecule has 1 saturated heterocycles. The zero-order valence-corrected chi connectivity index (χ0v) is 26.2. The normalized spacial score (nSPS) is 17.1. The van der Waals surface area contributed by atoms with Gasteiger partial charge in [0.2, 0.25) is 5.91 Å². The number of nitrogens with one attached hydrogen (secondary N) is 2. The summed E-state index contributed by atoms with van der Waals surface area (Å²) in [4.78, 5) is 42.1. The molecule has 0 aliphatic carbocycles. The third kappa shape index (κ3) is 7.34. The van der Waals surface area contributed by atoms with Gasteiger partial charge >= 0.3 is 0 Å². The first-order valence-corrected chi connectivity index (χ1v) is 15.2. The molecule has 44 heavy (non-hydrogen) atoms. The Kier molecular flexibility index (Phi) is 10.2. The van der Waals surface area contributed by atoms with Crippen molar-refractivity contribution < 1.29 is 33.7 Å².